The highest BCUT2D eigenvalue weighted by Crippen LogP contribution is 2.31. The second kappa shape index (κ2) is 5.37. The minimum atomic E-state index is -0.620. The summed E-state index contributed by atoms with van der Waals surface area (Å²) in [5.74, 6) is 5.18. The second-order valence-electron chi connectivity index (χ2n) is 3.44. The molecular weight excluding hydrogens is 228 g/mol. The molecule has 4 N–H and O–H groups in total. The Bertz CT molecular complexity index is 412. The first-order valence-electron chi connectivity index (χ1n) is 4.82. The molecule has 1 unspecified atom stereocenters. The monoisotopic (exact) mass is 242 g/mol. The summed E-state index contributed by atoms with van der Waals surface area (Å²) in [4.78, 5) is 19.3. The number of nitrogens with one attached hydrogen (secondary N) is 1. The third-order valence-electron chi connectivity index (χ3n) is 2.38. The summed E-state index contributed by atoms with van der Waals surface area (Å²) in [5.41, 5.74) is 1.83. The van der Waals surface area contributed by atoms with Crippen molar-refractivity contribution < 1.29 is 10.0 Å². The van der Waals surface area contributed by atoms with Gasteiger partial charge < -0.3 is 15.4 Å². The Hall–Kier alpha value is -2.00. The summed E-state index contributed by atoms with van der Waals surface area (Å²) in [6.45, 7) is 1.56. The lowest BCUT2D eigenvalue weighted by molar-refractivity contribution is -0.383. The van der Waals surface area contributed by atoms with E-state index < -0.39 is 4.92 Å². The van der Waals surface area contributed by atoms with Gasteiger partial charge >= 0.3 is 5.69 Å². The Balaban J connectivity index is 3.27. The van der Waals surface area contributed by atoms with Crippen LogP contribution >= 0.6 is 0 Å². The zero-order chi connectivity index (χ0) is 13.0. The van der Waals surface area contributed by atoms with Crippen molar-refractivity contribution in [1.82, 2.24) is 9.97 Å². The normalized spacial score (nSPS) is 12.0. The number of aromatic nitrogens is 2. The smallest absolute Gasteiger partial charge is 0.354 e. The molecule has 0 saturated carbocycles. The maximum atomic E-state index is 11.0. The molecular formula is C8H14N6O3. The number of hydrogen-bond acceptors (Lipinski definition) is 8. The standard InChI is InChI=1S/C8H14N6O3/c1-5(3-15)13(2)8-6(14(16)17)7(12-9)10-4-11-8/h4-5,15H,3,9H2,1-2H3,(H,10,11,12). The van der Waals surface area contributed by atoms with Crippen LogP contribution in [0.4, 0.5) is 17.3 Å². The van der Waals surface area contributed by atoms with E-state index in [9.17, 15) is 10.1 Å². The van der Waals surface area contributed by atoms with Gasteiger partial charge in [-0.15, -0.1) is 0 Å². The van der Waals surface area contributed by atoms with E-state index in [2.05, 4.69) is 15.4 Å². The highest BCUT2D eigenvalue weighted by Gasteiger charge is 2.26. The largest absolute Gasteiger partial charge is 0.394 e. The molecule has 1 heterocycles. The molecule has 9 nitrogen and oxygen atoms in total. The van der Waals surface area contributed by atoms with Crippen LogP contribution in [0.3, 0.4) is 0 Å². The maximum absolute atomic E-state index is 11.0. The highest BCUT2D eigenvalue weighted by molar-refractivity contribution is 5.69. The fourth-order valence-electron chi connectivity index (χ4n) is 1.23. The summed E-state index contributed by atoms with van der Waals surface area (Å²) < 4.78 is 0. The van der Waals surface area contributed by atoms with Crippen molar-refractivity contribution >= 4 is 17.3 Å². The Morgan fingerprint density at radius 2 is 2.35 bits per heavy atom. The molecule has 0 saturated heterocycles. The van der Waals surface area contributed by atoms with Crippen LogP contribution < -0.4 is 16.2 Å². The number of anilines is 2. The van der Waals surface area contributed by atoms with Crippen molar-refractivity contribution in [3.05, 3.63) is 16.4 Å². The van der Waals surface area contributed by atoms with Crippen molar-refractivity contribution in [1.29, 1.82) is 0 Å². The highest BCUT2D eigenvalue weighted by atomic mass is 16.6. The van der Waals surface area contributed by atoms with Crippen molar-refractivity contribution in [2.45, 2.75) is 13.0 Å². The van der Waals surface area contributed by atoms with Gasteiger partial charge in [0.1, 0.15) is 6.33 Å². The van der Waals surface area contributed by atoms with Gasteiger partial charge in [-0.2, -0.15) is 0 Å². The fraction of sp³-hybridized carbons (Fsp3) is 0.500. The topological polar surface area (TPSA) is 130 Å². The maximum Gasteiger partial charge on any atom is 0.354 e. The number of nitrogen functional groups attached to an aromatic ring is 1. The summed E-state index contributed by atoms with van der Waals surface area (Å²) in [7, 11) is 1.59. The van der Waals surface area contributed by atoms with Gasteiger partial charge in [-0.1, -0.05) is 0 Å². The molecule has 0 spiro atoms. The first-order chi connectivity index (χ1) is 8.02. The number of hydrazine groups is 1. The molecule has 0 aliphatic heterocycles. The molecule has 1 atom stereocenters. The molecule has 0 aromatic carbocycles. The number of rotatable bonds is 5. The Morgan fingerprint density at radius 1 is 1.71 bits per heavy atom. The van der Waals surface area contributed by atoms with E-state index in [0.29, 0.717) is 0 Å². The second-order valence-corrected chi connectivity index (χ2v) is 3.44. The molecule has 0 aliphatic carbocycles. The van der Waals surface area contributed by atoms with Gasteiger partial charge in [0.2, 0.25) is 11.6 Å². The number of hydrogen-bond donors (Lipinski definition) is 3. The van der Waals surface area contributed by atoms with Gasteiger partial charge in [-0.25, -0.2) is 15.8 Å². The van der Waals surface area contributed by atoms with E-state index in [-0.39, 0.29) is 30.0 Å². The van der Waals surface area contributed by atoms with E-state index in [4.69, 9.17) is 10.9 Å². The van der Waals surface area contributed by atoms with Gasteiger partial charge in [0, 0.05) is 7.05 Å². The minimum absolute atomic E-state index is 0.0722. The molecule has 17 heavy (non-hydrogen) atoms. The fourth-order valence-corrected chi connectivity index (χ4v) is 1.23. The lowest BCUT2D eigenvalue weighted by atomic mass is 10.3. The lowest BCUT2D eigenvalue weighted by Gasteiger charge is -2.23. The molecule has 1 rings (SSSR count). The zero-order valence-corrected chi connectivity index (χ0v) is 9.49. The van der Waals surface area contributed by atoms with Gasteiger partial charge in [0.15, 0.2) is 0 Å². The number of nitrogens with zero attached hydrogens (tertiary/aromatic N) is 4. The SMILES string of the molecule is CC(CO)N(C)c1ncnc(NN)c1[N+](=O)[O-]. The van der Waals surface area contributed by atoms with Crippen LogP contribution in [0.5, 0.6) is 0 Å². The molecule has 1 aromatic heterocycles. The first kappa shape index (κ1) is 13.1. The predicted molar refractivity (Wildman–Crippen MR) is 61.4 cm³/mol. The number of aliphatic hydroxyl groups is 1. The van der Waals surface area contributed by atoms with Gasteiger partial charge in [0.25, 0.3) is 0 Å². The molecule has 0 aliphatic rings. The van der Waals surface area contributed by atoms with E-state index in [1.165, 1.54) is 4.90 Å². The van der Waals surface area contributed by atoms with Crippen molar-refractivity contribution in [3.63, 3.8) is 0 Å². The van der Waals surface area contributed by atoms with E-state index in [1.807, 2.05) is 0 Å². The Kier molecular flexibility index (Phi) is 4.12. The van der Waals surface area contributed by atoms with E-state index >= 15 is 0 Å². The van der Waals surface area contributed by atoms with Crippen LogP contribution in [0, 0.1) is 10.1 Å². The molecule has 0 amide bonds. The van der Waals surface area contributed by atoms with Crippen LogP contribution in [-0.2, 0) is 0 Å². The van der Waals surface area contributed by atoms with Gasteiger partial charge in [-0.3, -0.25) is 10.1 Å². The van der Waals surface area contributed by atoms with Crippen LogP contribution in [0.1, 0.15) is 6.92 Å². The Labute approximate surface area is 97.4 Å². The molecule has 1 aromatic rings. The number of likely N-dealkylation sites (N-methyl/N-ethyl adjacent to an activating group) is 1. The van der Waals surface area contributed by atoms with Gasteiger partial charge in [0.05, 0.1) is 17.6 Å². The first-order valence-corrected chi connectivity index (χ1v) is 4.82. The molecule has 0 fully saturated rings. The number of aliphatic hydroxyl groups excluding tert-OH is 1. The van der Waals surface area contributed by atoms with Crippen LogP contribution in [0.25, 0.3) is 0 Å². The quantitative estimate of drug-likeness (QED) is 0.357. The van der Waals surface area contributed by atoms with Crippen LogP contribution in [0.15, 0.2) is 6.33 Å². The minimum Gasteiger partial charge on any atom is -0.394 e. The number of nitrogens with two attached hydrogens (primary N) is 1. The lowest BCUT2D eigenvalue weighted by Crippen LogP contribution is -2.33. The average Bonchev–Trinajstić information content (AvgIpc) is 2.35. The summed E-state index contributed by atoms with van der Waals surface area (Å²) in [6, 6.07) is -0.311. The Morgan fingerprint density at radius 3 is 2.82 bits per heavy atom. The third-order valence-corrected chi connectivity index (χ3v) is 2.38. The van der Waals surface area contributed by atoms with Gasteiger partial charge in [-0.05, 0) is 6.92 Å². The molecule has 0 radical (unpaired) electrons. The predicted octanol–water partition coefficient (Wildman–Crippen LogP) is -0.513. The van der Waals surface area contributed by atoms with E-state index in [0.717, 1.165) is 6.33 Å². The summed E-state index contributed by atoms with van der Waals surface area (Å²) in [6.07, 6.45) is 1.16. The zero-order valence-electron chi connectivity index (χ0n) is 9.49. The number of nitro groups is 1. The third kappa shape index (κ3) is 2.57. The van der Waals surface area contributed by atoms with Crippen LogP contribution in [0.2, 0.25) is 0 Å². The summed E-state index contributed by atoms with van der Waals surface area (Å²) in [5, 5.41) is 20.0. The average molecular weight is 242 g/mol. The van der Waals surface area contributed by atoms with Crippen molar-refractivity contribution in [2.24, 2.45) is 5.84 Å². The molecule has 94 valence electrons. The molecule has 9 heteroatoms. The van der Waals surface area contributed by atoms with Crippen molar-refractivity contribution in [3.8, 4) is 0 Å². The van der Waals surface area contributed by atoms with Crippen LogP contribution in [-0.4, -0.2) is 39.7 Å². The van der Waals surface area contributed by atoms with E-state index in [1.54, 1.807) is 14.0 Å². The molecule has 0 bridgehead atoms. The van der Waals surface area contributed by atoms with Crippen molar-refractivity contribution in [2.75, 3.05) is 24.0 Å². The summed E-state index contributed by atoms with van der Waals surface area (Å²) >= 11 is 0.